The van der Waals surface area contributed by atoms with Crippen molar-refractivity contribution in [2.45, 2.75) is 77.7 Å². The SMILES string of the molecule is C=CC(CC/C=C/CCNCCN1CCNCC1)CC(C#N)CCCCN1CCN(CC(O)CCC(C)C)CC1. The lowest BCUT2D eigenvalue weighted by Crippen LogP contribution is -2.48. The molecule has 0 aromatic heterocycles. The molecule has 2 rings (SSSR count). The van der Waals surface area contributed by atoms with E-state index in [1.54, 1.807) is 0 Å². The van der Waals surface area contributed by atoms with Gasteiger partial charge >= 0.3 is 0 Å². The van der Waals surface area contributed by atoms with Crippen molar-refractivity contribution in [2.24, 2.45) is 17.8 Å². The van der Waals surface area contributed by atoms with Crippen molar-refractivity contribution in [1.82, 2.24) is 25.3 Å². The third-order valence-electron chi connectivity index (χ3n) is 8.56. The fourth-order valence-electron chi connectivity index (χ4n) is 5.80. The Balaban J connectivity index is 1.47. The van der Waals surface area contributed by atoms with E-state index in [2.05, 4.69) is 70.1 Å². The van der Waals surface area contributed by atoms with E-state index in [1.807, 2.05) is 0 Å². The molecular weight excluding hydrogens is 496 g/mol. The monoisotopic (exact) mass is 558 g/mol. The van der Waals surface area contributed by atoms with Crippen LogP contribution in [-0.4, -0.2) is 111 Å². The predicted molar refractivity (Wildman–Crippen MR) is 169 cm³/mol. The molecule has 2 aliphatic rings. The minimum absolute atomic E-state index is 0.135. The second-order valence-corrected chi connectivity index (χ2v) is 12.5. The number of unbranched alkanes of at least 4 members (excludes halogenated alkanes) is 1. The maximum absolute atomic E-state index is 10.3. The zero-order valence-corrected chi connectivity index (χ0v) is 26.0. The second-order valence-electron chi connectivity index (χ2n) is 12.5. The normalized spacial score (nSPS) is 20.1. The van der Waals surface area contributed by atoms with Crippen LogP contribution in [0.1, 0.15) is 71.6 Å². The molecule has 2 fully saturated rings. The summed E-state index contributed by atoms with van der Waals surface area (Å²) in [5.74, 6) is 1.22. The molecular formula is C33H62N6O. The second kappa shape index (κ2) is 22.3. The number of aliphatic hydroxyl groups is 1. The summed E-state index contributed by atoms with van der Waals surface area (Å²) in [4.78, 5) is 7.50. The van der Waals surface area contributed by atoms with Crippen molar-refractivity contribution < 1.29 is 5.11 Å². The first kappa shape index (κ1) is 34.9. The minimum atomic E-state index is -0.188. The summed E-state index contributed by atoms with van der Waals surface area (Å²) in [6.07, 6.45) is 16.0. The summed E-state index contributed by atoms with van der Waals surface area (Å²) >= 11 is 0. The van der Waals surface area contributed by atoms with Gasteiger partial charge in [-0.05, 0) is 76.3 Å². The van der Waals surface area contributed by atoms with Crippen molar-refractivity contribution in [3.8, 4) is 6.07 Å². The molecule has 2 heterocycles. The van der Waals surface area contributed by atoms with Gasteiger partial charge in [0, 0.05) is 77.9 Å². The Bertz CT molecular complexity index is 694. The number of rotatable bonds is 22. The average Bonchev–Trinajstić information content (AvgIpc) is 2.97. The number of nitriles is 1. The summed E-state index contributed by atoms with van der Waals surface area (Å²) in [5.41, 5.74) is 0. The molecule has 2 aliphatic heterocycles. The number of allylic oxidation sites excluding steroid dienone is 2. The van der Waals surface area contributed by atoms with Gasteiger partial charge in [-0.15, -0.1) is 6.58 Å². The molecule has 0 bridgehead atoms. The van der Waals surface area contributed by atoms with Crippen molar-refractivity contribution in [3.05, 3.63) is 24.8 Å². The Morgan fingerprint density at radius 1 is 0.875 bits per heavy atom. The van der Waals surface area contributed by atoms with Crippen molar-refractivity contribution in [3.63, 3.8) is 0 Å². The average molecular weight is 559 g/mol. The smallest absolute Gasteiger partial charge is 0.0667 e. The summed E-state index contributed by atoms with van der Waals surface area (Å²) in [5, 5.41) is 27.0. The van der Waals surface area contributed by atoms with E-state index >= 15 is 0 Å². The van der Waals surface area contributed by atoms with Gasteiger partial charge in [-0.3, -0.25) is 9.80 Å². The highest BCUT2D eigenvalue weighted by atomic mass is 16.3. The van der Waals surface area contributed by atoms with E-state index in [9.17, 15) is 10.4 Å². The van der Waals surface area contributed by atoms with Crippen LogP contribution in [0.2, 0.25) is 0 Å². The number of nitrogens with one attached hydrogen (secondary N) is 2. The van der Waals surface area contributed by atoms with Gasteiger partial charge in [0.2, 0.25) is 0 Å². The number of piperazine rings is 2. The van der Waals surface area contributed by atoms with Crippen molar-refractivity contribution in [2.75, 3.05) is 85.1 Å². The fourth-order valence-corrected chi connectivity index (χ4v) is 5.80. The first-order chi connectivity index (χ1) is 19.5. The van der Waals surface area contributed by atoms with Gasteiger partial charge in [-0.2, -0.15) is 5.26 Å². The lowest BCUT2D eigenvalue weighted by Gasteiger charge is -2.35. The van der Waals surface area contributed by atoms with Gasteiger partial charge < -0.3 is 20.6 Å². The highest BCUT2D eigenvalue weighted by Gasteiger charge is 2.19. The molecule has 0 spiro atoms. The van der Waals surface area contributed by atoms with Crippen LogP contribution >= 0.6 is 0 Å². The standard InChI is InChI=1S/C33H62N6O/c1-4-31(11-7-5-6-9-15-35-16-20-38-21-17-36-18-22-38)27-32(28-34)12-8-10-19-37-23-25-39(26-24-37)29-33(40)14-13-30(2)3/h4-6,30-33,35-36,40H,1,7-27,29H2,2-3H3/b6-5+. The lowest BCUT2D eigenvalue weighted by molar-refractivity contribution is 0.0655. The highest BCUT2D eigenvalue weighted by Crippen LogP contribution is 2.23. The molecule has 2 saturated heterocycles. The first-order valence-corrected chi connectivity index (χ1v) is 16.4. The van der Waals surface area contributed by atoms with E-state index in [-0.39, 0.29) is 12.0 Å². The largest absolute Gasteiger partial charge is 0.392 e. The summed E-state index contributed by atoms with van der Waals surface area (Å²) < 4.78 is 0. The highest BCUT2D eigenvalue weighted by molar-refractivity contribution is 4.92. The fraction of sp³-hybridized carbons (Fsp3) is 0.848. The van der Waals surface area contributed by atoms with Gasteiger partial charge in [0.05, 0.1) is 12.2 Å². The van der Waals surface area contributed by atoms with Crippen LogP contribution in [-0.2, 0) is 0 Å². The van der Waals surface area contributed by atoms with Gasteiger partial charge in [-0.1, -0.05) is 38.5 Å². The summed E-state index contributed by atoms with van der Waals surface area (Å²) in [7, 11) is 0. The van der Waals surface area contributed by atoms with Crippen molar-refractivity contribution in [1.29, 1.82) is 5.26 Å². The molecule has 0 saturated carbocycles. The maximum atomic E-state index is 10.3. The predicted octanol–water partition coefficient (Wildman–Crippen LogP) is 4.12. The number of aliphatic hydroxyl groups excluding tert-OH is 1. The van der Waals surface area contributed by atoms with Crippen molar-refractivity contribution >= 4 is 0 Å². The molecule has 3 unspecified atom stereocenters. The Hall–Kier alpha value is -1.27. The van der Waals surface area contributed by atoms with Gasteiger partial charge in [-0.25, -0.2) is 0 Å². The van der Waals surface area contributed by atoms with Gasteiger partial charge in [0.15, 0.2) is 0 Å². The molecule has 0 aromatic carbocycles. The molecule has 3 atom stereocenters. The number of hydrogen-bond donors (Lipinski definition) is 3. The Labute approximate surface area is 247 Å². The molecule has 0 amide bonds. The van der Waals surface area contributed by atoms with E-state index in [4.69, 9.17) is 0 Å². The maximum Gasteiger partial charge on any atom is 0.0667 e. The Kier molecular flexibility index (Phi) is 19.5. The Morgan fingerprint density at radius 3 is 2.27 bits per heavy atom. The van der Waals surface area contributed by atoms with Crippen LogP contribution in [0.25, 0.3) is 0 Å². The number of nitrogens with zero attached hydrogens (tertiary/aromatic N) is 4. The third-order valence-corrected chi connectivity index (χ3v) is 8.56. The van der Waals surface area contributed by atoms with E-state index < -0.39 is 0 Å². The van der Waals surface area contributed by atoms with E-state index in [0.717, 1.165) is 123 Å². The molecule has 0 radical (unpaired) electrons. The molecule has 230 valence electrons. The van der Waals surface area contributed by atoms with Crippen LogP contribution in [0, 0.1) is 29.1 Å². The molecule has 3 N–H and O–H groups in total. The lowest BCUT2D eigenvalue weighted by atomic mass is 9.88. The van der Waals surface area contributed by atoms with Gasteiger partial charge in [0.1, 0.15) is 0 Å². The van der Waals surface area contributed by atoms with E-state index in [1.165, 1.54) is 19.5 Å². The topological polar surface area (TPSA) is 77.8 Å². The number of β-amino-alcohol motifs (C(OH)–C–C–N with tert-alkyl or cyclic N) is 1. The molecule has 0 aliphatic carbocycles. The third kappa shape index (κ3) is 16.9. The Morgan fingerprint density at radius 2 is 1.57 bits per heavy atom. The van der Waals surface area contributed by atoms with Crippen LogP contribution in [0.5, 0.6) is 0 Å². The van der Waals surface area contributed by atoms with E-state index in [0.29, 0.717) is 11.8 Å². The molecule has 0 aromatic rings. The number of hydrogen-bond acceptors (Lipinski definition) is 7. The molecule has 7 heteroatoms. The van der Waals surface area contributed by atoms with Crippen LogP contribution in [0.4, 0.5) is 0 Å². The molecule has 7 nitrogen and oxygen atoms in total. The van der Waals surface area contributed by atoms with Crippen LogP contribution in [0.3, 0.4) is 0 Å². The minimum Gasteiger partial charge on any atom is -0.392 e. The zero-order chi connectivity index (χ0) is 28.8. The first-order valence-electron chi connectivity index (χ1n) is 16.4. The van der Waals surface area contributed by atoms with Gasteiger partial charge in [0.25, 0.3) is 0 Å². The molecule has 40 heavy (non-hydrogen) atoms. The van der Waals surface area contributed by atoms with Crippen LogP contribution in [0.15, 0.2) is 24.8 Å². The summed E-state index contributed by atoms with van der Waals surface area (Å²) in [6, 6.07) is 2.58. The quantitative estimate of drug-likeness (QED) is 0.136. The summed E-state index contributed by atoms with van der Waals surface area (Å²) in [6.45, 7) is 22.6. The van der Waals surface area contributed by atoms with Crippen LogP contribution < -0.4 is 10.6 Å². The zero-order valence-electron chi connectivity index (χ0n) is 26.0.